The molecular formula is C25H18Cl2N2O4S. The second kappa shape index (κ2) is 10.3. The van der Waals surface area contributed by atoms with Gasteiger partial charge in [0.25, 0.3) is 5.91 Å². The van der Waals surface area contributed by atoms with Crippen LogP contribution in [-0.2, 0) is 4.79 Å². The number of halogens is 2. The maximum absolute atomic E-state index is 13.5. The van der Waals surface area contributed by atoms with Gasteiger partial charge in [0.1, 0.15) is 5.75 Å². The predicted molar refractivity (Wildman–Crippen MR) is 138 cm³/mol. The smallest absolute Gasteiger partial charge is 0.335 e. The average Bonchev–Trinajstić information content (AvgIpc) is 3.11. The summed E-state index contributed by atoms with van der Waals surface area (Å²) in [5, 5.41) is 11.0. The zero-order chi connectivity index (χ0) is 24.2. The number of thioether (sulfide) groups is 1. The van der Waals surface area contributed by atoms with E-state index in [-0.39, 0.29) is 11.5 Å². The number of carboxylic acid groups (broad SMARTS) is 1. The van der Waals surface area contributed by atoms with E-state index in [9.17, 15) is 14.7 Å². The van der Waals surface area contributed by atoms with Crippen LogP contribution >= 0.6 is 35.0 Å². The molecule has 9 heteroatoms. The Morgan fingerprint density at radius 3 is 2.32 bits per heavy atom. The number of aliphatic imine (C=N–C) groups is 1. The van der Waals surface area contributed by atoms with Gasteiger partial charge in [-0.05, 0) is 91.5 Å². The zero-order valence-corrected chi connectivity index (χ0v) is 20.2. The molecule has 172 valence electrons. The molecule has 3 aromatic rings. The number of carboxylic acids is 1. The number of ether oxygens (including phenoxy) is 1. The summed E-state index contributed by atoms with van der Waals surface area (Å²) < 4.78 is 5.65. The first-order valence-electron chi connectivity index (χ1n) is 10.2. The van der Waals surface area contributed by atoms with Crippen molar-refractivity contribution in [2.24, 2.45) is 4.99 Å². The molecule has 1 aliphatic rings. The number of hydrogen-bond acceptors (Lipinski definition) is 5. The quantitative estimate of drug-likeness (QED) is 0.363. The fourth-order valence-corrected chi connectivity index (χ4v) is 4.46. The molecule has 0 aromatic heterocycles. The number of benzene rings is 3. The van der Waals surface area contributed by atoms with Crippen molar-refractivity contribution < 1.29 is 19.4 Å². The van der Waals surface area contributed by atoms with Gasteiger partial charge in [-0.15, -0.1) is 0 Å². The first-order valence-corrected chi connectivity index (χ1v) is 11.8. The van der Waals surface area contributed by atoms with E-state index >= 15 is 0 Å². The minimum Gasteiger partial charge on any atom is -0.493 e. The van der Waals surface area contributed by atoms with Crippen molar-refractivity contribution >= 4 is 69.5 Å². The minimum atomic E-state index is -1.07. The molecular weight excluding hydrogens is 495 g/mol. The van der Waals surface area contributed by atoms with Crippen LogP contribution in [0.1, 0.15) is 22.8 Å². The molecule has 1 amide bonds. The lowest BCUT2D eigenvalue weighted by atomic mass is 10.1. The number of aromatic carboxylic acids is 1. The monoisotopic (exact) mass is 512 g/mol. The van der Waals surface area contributed by atoms with E-state index in [4.69, 9.17) is 27.9 Å². The molecule has 0 unspecified atom stereocenters. The number of carbonyl (C=O) groups is 2. The average molecular weight is 513 g/mol. The maximum atomic E-state index is 13.5. The summed E-state index contributed by atoms with van der Waals surface area (Å²) in [4.78, 5) is 31.5. The van der Waals surface area contributed by atoms with Crippen molar-refractivity contribution in [1.29, 1.82) is 0 Å². The zero-order valence-electron chi connectivity index (χ0n) is 17.9. The van der Waals surface area contributed by atoms with Crippen LogP contribution in [0.25, 0.3) is 6.08 Å². The second-order valence-electron chi connectivity index (χ2n) is 7.09. The van der Waals surface area contributed by atoms with Gasteiger partial charge in [-0.3, -0.25) is 9.69 Å². The molecule has 34 heavy (non-hydrogen) atoms. The van der Waals surface area contributed by atoms with Crippen LogP contribution in [0.15, 0.2) is 76.6 Å². The van der Waals surface area contributed by atoms with Crippen molar-refractivity contribution in [3.8, 4) is 5.75 Å². The van der Waals surface area contributed by atoms with Gasteiger partial charge in [0, 0.05) is 15.6 Å². The van der Waals surface area contributed by atoms with Crippen LogP contribution in [0, 0.1) is 0 Å². The topological polar surface area (TPSA) is 79.2 Å². The van der Waals surface area contributed by atoms with Crippen molar-refractivity contribution in [2.75, 3.05) is 11.5 Å². The number of rotatable bonds is 6. The molecule has 0 aliphatic carbocycles. The molecule has 0 bridgehead atoms. The van der Waals surface area contributed by atoms with Gasteiger partial charge in [0.15, 0.2) is 5.17 Å². The van der Waals surface area contributed by atoms with E-state index in [0.29, 0.717) is 49.4 Å². The molecule has 1 heterocycles. The minimum absolute atomic E-state index is 0.0929. The molecule has 3 aromatic carbocycles. The lowest BCUT2D eigenvalue weighted by Gasteiger charge is -2.15. The molecule has 4 rings (SSSR count). The van der Waals surface area contributed by atoms with Crippen LogP contribution in [0.4, 0.5) is 11.4 Å². The van der Waals surface area contributed by atoms with Gasteiger partial charge < -0.3 is 9.84 Å². The van der Waals surface area contributed by atoms with Gasteiger partial charge in [0.05, 0.1) is 28.5 Å². The van der Waals surface area contributed by atoms with Crippen molar-refractivity contribution in [3.05, 3.63) is 92.8 Å². The lowest BCUT2D eigenvalue weighted by molar-refractivity contribution is -0.113. The molecule has 1 saturated heterocycles. The molecule has 0 spiro atoms. The Kier molecular flexibility index (Phi) is 7.26. The Balaban J connectivity index is 1.80. The summed E-state index contributed by atoms with van der Waals surface area (Å²) in [7, 11) is 0. The molecule has 1 fully saturated rings. The summed E-state index contributed by atoms with van der Waals surface area (Å²) in [6.45, 7) is 2.22. The van der Waals surface area contributed by atoms with Crippen LogP contribution in [-0.4, -0.2) is 28.8 Å². The highest BCUT2D eigenvalue weighted by molar-refractivity contribution is 8.19. The number of hydrogen-bond donors (Lipinski definition) is 1. The number of amides is 1. The first-order chi connectivity index (χ1) is 16.4. The molecule has 0 radical (unpaired) electrons. The van der Waals surface area contributed by atoms with Gasteiger partial charge in [-0.1, -0.05) is 23.2 Å². The predicted octanol–water partition coefficient (Wildman–Crippen LogP) is 6.90. The van der Waals surface area contributed by atoms with Gasteiger partial charge in [0.2, 0.25) is 0 Å². The molecule has 0 atom stereocenters. The van der Waals surface area contributed by atoms with Crippen molar-refractivity contribution in [1.82, 2.24) is 0 Å². The fraction of sp³-hybridized carbons (Fsp3) is 0.0800. The Hall–Kier alpha value is -3.26. The number of carbonyl (C=O) groups excluding carboxylic acids is 1. The van der Waals surface area contributed by atoms with E-state index in [0.717, 1.165) is 0 Å². The Labute approximate surface area is 210 Å². The molecule has 0 saturated carbocycles. The summed E-state index contributed by atoms with van der Waals surface area (Å²) >= 11 is 13.2. The van der Waals surface area contributed by atoms with Crippen LogP contribution < -0.4 is 9.64 Å². The van der Waals surface area contributed by atoms with E-state index in [1.165, 1.54) is 28.8 Å². The summed E-state index contributed by atoms with van der Waals surface area (Å²) in [6, 6.07) is 18.3. The molecule has 1 aliphatic heterocycles. The maximum Gasteiger partial charge on any atom is 0.335 e. The highest BCUT2D eigenvalue weighted by atomic mass is 35.5. The molecule has 1 N–H and O–H groups in total. The van der Waals surface area contributed by atoms with Crippen LogP contribution in [0.2, 0.25) is 10.0 Å². The number of anilines is 1. The van der Waals surface area contributed by atoms with E-state index < -0.39 is 5.97 Å². The van der Waals surface area contributed by atoms with Gasteiger partial charge >= 0.3 is 5.97 Å². The highest BCUT2D eigenvalue weighted by Crippen LogP contribution is 2.39. The number of nitrogens with zero attached hydrogens (tertiary/aromatic N) is 2. The van der Waals surface area contributed by atoms with E-state index in [1.54, 1.807) is 60.7 Å². The first kappa shape index (κ1) is 23.9. The summed E-state index contributed by atoms with van der Waals surface area (Å²) in [5.74, 6) is -0.890. The van der Waals surface area contributed by atoms with Gasteiger partial charge in [-0.25, -0.2) is 9.79 Å². The largest absolute Gasteiger partial charge is 0.493 e. The SMILES string of the molecule is CCOc1ccc(C(=O)O)cc1/C=C1\SC(=Nc2ccc(Cl)cc2)N(c2ccc(Cl)cc2)C1=O. The summed E-state index contributed by atoms with van der Waals surface area (Å²) in [5.41, 5.74) is 1.81. The van der Waals surface area contributed by atoms with Gasteiger partial charge in [-0.2, -0.15) is 0 Å². The van der Waals surface area contributed by atoms with E-state index in [1.807, 2.05) is 6.92 Å². The third-order valence-corrected chi connectivity index (χ3v) is 6.26. The number of amidine groups is 1. The van der Waals surface area contributed by atoms with Crippen molar-refractivity contribution in [2.45, 2.75) is 6.92 Å². The van der Waals surface area contributed by atoms with Crippen LogP contribution in [0.3, 0.4) is 0 Å². The lowest BCUT2D eigenvalue weighted by Crippen LogP contribution is -2.28. The Morgan fingerprint density at radius 1 is 1.06 bits per heavy atom. The Morgan fingerprint density at radius 2 is 1.71 bits per heavy atom. The fourth-order valence-electron chi connectivity index (χ4n) is 3.22. The third kappa shape index (κ3) is 5.28. The standard InChI is InChI=1S/C25H18Cl2N2O4S/c1-2-33-21-12-3-15(24(31)32)13-16(21)14-22-23(30)29(20-10-6-18(27)7-11-20)25(34-22)28-19-8-4-17(26)5-9-19/h3-14H,2H2,1H3,(H,31,32)/b22-14-,28-25?. The normalized spacial score (nSPS) is 15.9. The van der Waals surface area contributed by atoms with Crippen LogP contribution in [0.5, 0.6) is 5.75 Å². The van der Waals surface area contributed by atoms with E-state index in [2.05, 4.69) is 4.99 Å². The Bertz CT molecular complexity index is 1310. The third-order valence-electron chi connectivity index (χ3n) is 4.79. The molecule has 6 nitrogen and oxygen atoms in total. The summed E-state index contributed by atoms with van der Waals surface area (Å²) in [6.07, 6.45) is 1.62. The second-order valence-corrected chi connectivity index (χ2v) is 8.97. The van der Waals surface area contributed by atoms with Crippen molar-refractivity contribution in [3.63, 3.8) is 0 Å². The highest BCUT2D eigenvalue weighted by Gasteiger charge is 2.35.